The van der Waals surface area contributed by atoms with E-state index in [1.807, 2.05) is 17.7 Å². The summed E-state index contributed by atoms with van der Waals surface area (Å²) in [7, 11) is 0. The highest BCUT2D eigenvalue weighted by molar-refractivity contribution is 8.01. The minimum atomic E-state index is -0.234. The average Bonchev–Trinajstić information content (AvgIpc) is 1.85. The van der Waals surface area contributed by atoms with E-state index in [1.54, 1.807) is 11.8 Å². The molecule has 1 nitrogen and oxygen atoms in total. The van der Waals surface area contributed by atoms with Gasteiger partial charge in [-0.15, -0.1) is 11.8 Å². The molecule has 0 saturated carbocycles. The predicted molar refractivity (Wildman–Crippen MR) is 43.6 cm³/mol. The van der Waals surface area contributed by atoms with E-state index in [2.05, 4.69) is 6.92 Å². The van der Waals surface area contributed by atoms with Crippen LogP contribution in [0.15, 0.2) is 11.5 Å². The molecule has 0 aromatic heterocycles. The molecule has 0 saturated heterocycles. The van der Waals surface area contributed by atoms with E-state index in [9.17, 15) is 0 Å². The van der Waals surface area contributed by atoms with Gasteiger partial charge in [-0.05, 0) is 24.2 Å². The van der Waals surface area contributed by atoms with Crippen molar-refractivity contribution < 1.29 is 5.11 Å². The highest BCUT2D eigenvalue weighted by Crippen LogP contribution is 2.01. The third-order valence-corrected chi connectivity index (χ3v) is 1.45. The largest absolute Gasteiger partial charge is 0.389 e. The molecule has 2 heteroatoms. The molecule has 0 aromatic rings. The first-order chi connectivity index (χ1) is 4.31. The second-order valence-corrected chi connectivity index (χ2v) is 2.66. The molecular weight excluding hydrogens is 132 g/mol. The van der Waals surface area contributed by atoms with E-state index < -0.39 is 0 Å². The van der Waals surface area contributed by atoms with Crippen molar-refractivity contribution in [2.24, 2.45) is 0 Å². The fourth-order valence-corrected chi connectivity index (χ4v) is 0.900. The van der Waals surface area contributed by atoms with Gasteiger partial charge in [-0.2, -0.15) is 0 Å². The molecule has 0 amide bonds. The van der Waals surface area contributed by atoms with Gasteiger partial charge in [0.1, 0.15) is 0 Å². The Morgan fingerprint density at radius 3 is 2.78 bits per heavy atom. The molecule has 0 aliphatic rings. The lowest BCUT2D eigenvalue weighted by Crippen LogP contribution is -1.99. The number of aliphatic hydroxyl groups excluding tert-OH is 1. The lowest BCUT2D eigenvalue weighted by molar-refractivity contribution is 0.212. The zero-order chi connectivity index (χ0) is 7.11. The Morgan fingerprint density at radius 1 is 1.67 bits per heavy atom. The Balaban J connectivity index is 3.25. The standard InChI is InChI=1S/C7H14OS/c1-3-4-7(8)5-6-9-2/h5-8H,3-4H2,1-2H3/b6-5+. The van der Waals surface area contributed by atoms with Crippen molar-refractivity contribution >= 4 is 11.8 Å². The van der Waals surface area contributed by atoms with E-state index in [1.165, 1.54) is 0 Å². The topological polar surface area (TPSA) is 20.2 Å². The van der Waals surface area contributed by atoms with Crippen LogP contribution in [0, 0.1) is 0 Å². The molecular formula is C7H14OS. The van der Waals surface area contributed by atoms with Crippen LogP contribution in [0.3, 0.4) is 0 Å². The molecule has 0 aromatic carbocycles. The van der Waals surface area contributed by atoms with Crippen LogP contribution in [0.1, 0.15) is 19.8 Å². The maximum atomic E-state index is 9.08. The van der Waals surface area contributed by atoms with Crippen LogP contribution in [0.2, 0.25) is 0 Å². The van der Waals surface area contributed by atoms with E-state index in [-0.39, 0.29) is 6.10 Å². The molecule has 0 aliphatic heterocycles. The minimum Gasteiger partial charge on any atom is -0.389 e. The van der Waals surface area contributed by atoms with Crippen molar-refractivity contribution in [1.29, 1.82) is 0 Å². The maximum absolute atomic E-state index is 9.08. The number of rotatable bonds is 4. The van der Waals surface area contributed by atoms with E-state index >= 15 is 0 Å². The Hall–Kier alpha value is 0.0500. The van der Waals surface area contributed by atoms with Gasteiger partial charge in [-0.1, -0.05) is 13.3 Å². The summed E-state index contributed by atoms with van der Waals surface area (Å²) >= 11 is 1.62. The quantitative estimate of drug-likeness (QED) is 0.655. The van der Waals surface area contributed by atoms with Crippen LogP contribution in [0.5, 0.6) is 0 Å². The van der Waals surface area contributed by atoms with Crippen molar-refractivity contribution in [3.63, 3.8) is 0 Å². The summed E-state index contributed by atoms with van der Waals surface area (Å²) in [5, 5.41) is 11.0. The number of aliphatic hydroxyl groups is 1. The summed E-state index contributed by atoms with van der Waals surface area (Å²) in [6, 6.07) is 0. The first kappa shape index (κ1) is 9.05. The van der Waals surface area contributed by atoms with E-state index in [0.29, 0.717) is 0 Å². The van der Waals surface area contributed by atoms with Gasteiger partial charge in [0.15, 0.2) is 0 Å². The van der Waals surface area contributed by atoms with Gasteiger partial charge in [0.2, 0.25) is 0 Å². The minimum absolute atomic E-state index is 0.234. The lowest BCUT2D eigenvalue weighted by atomic mass is 10.2. The predicted octanol–water partition coefficient (Wildman–Crippen LogP) is 2.02. The van der Waals surface area contributed by atoms with E-state index in [0.717, 1.165) is 12.8 Å². The summed E-state index contributed by atoms with van der Waals surface area (Å²) in [6.45, 7) is 2.07. The van der Waals surface area contributed by atoms with Gasteiger partial charge in [-0.25, -0.2) is 0 Å². The fraction of sp³-hybridized carbons (Fsp3) is 0.714. The first-order valence-corrected chi connectivity index (χ1v) is 4.47. The Morgan fingerprint density at radius 2 is 2.33 bits per heavy atom. The van der Waals surface area contributed by atoms with Gasteiger partial charge in [0.25, 0.3) is 0 Å². The molecule has 1 N–H and O–H groups in total. The van der Waals surface area contributed by atoms with E-state index in [4.69, 9.17) is 5.11 Å². The second-order valence-electron chi connectivity index (χ2n) is 1.92. The zero-order valence-corrected chi connectivity index (χ0v) is 6.82. The van der Waals surface area contributed by atoms with Crippen LogP contribution in [0.25, 0.3) is 0 Å². The van der Waals surface area contributed by atoms with Crippen LogP contribution >= 0.6 is 11.8 Å². The van der Waals surface area contributed by atoms with Gasteiger partial charge in [-0.3, -0.25) is 0 Å². The molecule has 0 spiro atoms. The van der Waals surface area contributed by atoms with Crippen molar-refractivity contribution in [3.8, 4) is 0 Å². The first-order valence-electron chi connectivity index (χ1n) is 3.18. The SMILES string of the molecule is CCCC(O)/C=C/SC. The van der Waals surface area contributed by atoms with Gasteiger partial charge < -0.3 is 5.11 Å². The molecule has 0 aliphatic carbocycles. The molecule has 0 radical (unpaired) electrons. The molecule has 9 heavy (non-hydrogen) atoms. The summed E-state index contributed by atoms with van der Waals surface area (Å²) in [5.74, 6) is 0. The lowest BCUT2D eigenvalue weighted by Gasteiger charge is -1.99. The second kappa shape index (κ2) is 6.17. The highest BCUT2D eigenvalue weighted by Gasteiger charge is 1.93. The molecule has 1 atom stereocenters. The number of hydrogen-bond acceptors (Lipinski definition) is 2. The summed E-state index contributed by atoms with van der Waals surface area (Å²) in [4.78, 5) is 0. The molecule has 0 heterocycles. The Bertz CT molecular complexity index is 81.0. The van der Waals surface area contributed by atoms with Crippen molar-refractivity contribution in [1.82, 2.24) is 0 Å². The van der Waals surface area contributed by atoms with Gasteiger partial charge >= 0.3 is 0 Å². The highest BCUT2D eigenvalue weighted by atomic mass is 32.2. The van der Waals surface area contributed by atoms with Crippen LogP contribution < -0.4 is 0 Å². The summed E-state index contributed by atoms with van der Waals surface area (Å²) in [6.07, 6.45) is 5.49. The summed E-state index contributed by atoms with van der Waals surface area (Å²) < 4.78 is 0. The zero-order valence-electron chi connectivity index (χ0n) is 6.00. The van der Waals surface area contributed by atoms with Gasteiger partial charge in [0, 0.05) is 0 Å². The number of thioether (sulfide) groups is 1. The monoisotopic (exact) mass is 146 g/mol. The van der Waals surface area contributed by atoms with Crippen molar-refractivity contribution in [2.45, 2.75) is 25.9 Å². The molecule has 0 rings (SSSR count). The Kier molecular flexibility index (Phi) is 6.21. The smallest absolute Gasteiger partial charge is 0.0728 e. The third-order valence-electron chi connectivity index (χ3n) is 1.02. The van der Waals surface area contributed by atoms with Crippen LogP contribution in [-0.2, 0) is 0 Å². The normalized spacial score (nSPS) is 14.6. The molecule has 54 valence electrons. The average molecular weight is 146 g/mol. The molecule has 0 bridgehead atoms. The number of hydrogen-bond donors (Lipinski definition) is 1. The Labute approximate surface area is 61.2 Å². The third kappa shape index (κ3) is 5.93. The fourth-order valence-electron chi connectivity index (χ4n) is 0.561. The van der Waals surface area contributed by atoms with Gasteiger partial charge in [0.05, 0.1) is 6.10 Å². The molecule has 0 fully saturated rings. The van der Waals surface area contributed by atoms with Crippen LogP contribution in [-0.4, -0.2) is 17.5 Å². The van der Waals surface area contributed by atoms with Crippen molar-refractivity contribution in [3.05, 3.63) is 11.5 Å². The van der Waals surface area contributed by atoms with Crippen LogP contribution in [0.4, 0.5) is 0 Å². The van der Waals surface area contributed by atoms with Crippen molar-refractivity contribution in [2.75, 3.05) is 6.26 Å². The molecule has 1 unspecified atom stereocenters. The maximum Gasteiger partial charge on any atom is 0.0728 e. The summed E-state index contributed by atoms with van der Waals surface area (Å²) in [5.41, 5.74) is 0.